The summed E-state index contributed by atoms with van der Waals surface area (Å²) in [5, 5.41) is 0. The van der Waals surface area contributed by atoms with Crippen molar-refractivity contribution < 1.29 is 4.74 Å². The average Bonchev–Trinajstić information content (AvgIpc) is 2.19. The van der Waals surface area contributed by atoms with Gasteiger partial charge < -0.3 is 10.5 Å². The maximum atomic E-state index is 5.89. The van der Waals surface area contributed by atoms with Crippen LogP contribution in [-0.2, 0) is 6.42 Å². The van der Waals surface area contributed by atoms with Gasteiger partial charge >= 0.3 is 0 Å². The summed E-state index contributed by atoms with van der Waals surface area (Å²) >= 11 is 3.59. The van der Waals surface area contributed by atoms with E-state index >= 15 is 0 Å². The molecule has 0 saturated carbocycles. The monoisotopic (exact) mass is 299 g/mol. The van der Waals surface area contributed by atoms with Gasteiger partial charge in [-0.15, -0.1) is 0 Å². The number of methoxy groups -OCH3 is 1. The number of benzene rings is 1. The largest absolute Gasteiger partial charge is 0.497 e. The Kier molecular flexibility index (Phi) is 5.02. The summed E-state index contributed by atoms with van der Waals surface area (Å²) in [5.41, 5.74) is 7.36. The van der Waals surface area contributed by atoms with Crippen molar-refractivity contribution in [2.45, 2.75) is 39.7 Å². The maximum Gasteiger partial charge on any atom is 0.119 e. The van der Waals surface area contributed by atoms with Gasteiger partial charge in [0.2, 0.25) is 0 Å². The zero-order valence-corrected chi connectivity index (χ0v) is 12.7. The fourth-order valence-electron chi connectivity index (χ4n) is 2.27. The summed E-state index contributed by atoms with van der Waals surface area (Å²) in [5.74, 6) is 0.903. The molecule has 1 aromatic rings. The van der Waals surface area contributed by atoms with Gasteiger partial charge in [-0.3, -0.25) is 0 Å². The van der Waals surface area contributed by atoms with Crippen LogP contribution in [0.2, 0.25) is 0 Å². The topological polar surface area (TPSA) is 35.2 Å². The van der Waals surface area contributed by atoms with E-state index in [0.717, 1.165) is 23.1 Å². The Labute approximate surface area is 113 Å². The molecular weight excluding hydrogens is 278 g/mol. The van der Waals surface area contributed by atoms with E-state index in [2.05, 4.69) is 42.8 Å². The van der Waals surface area contributed by atoms with Gasteiger partial charge in [0.05, 0.1) is 7.11 Å². The lowest BCUT2D eigenvalue weighted by molar-refractivity contribution is 0.308. The molecule has 0 aliphatic heterocycles. The second-order valence-electron chi connectivity index (χ2n) is 5.48. The average molecular weight is 300 g/mol. The second-order valence-corrected chi connectivity index (χ2v) is 6.33. The first-order valence-electron chi connectivity index (χ1n) is 5.92. The quantitative estimate of drug-likeness (QED) is 0.898. The molecule has 96 valence electrons. The minimum atomic E-state index is 0.197. The highest BCUT2D eigenvalue weighted by Gasteiger charge is 2.21. The van der Waals surface area contributed by atoms with E-state index in [1.165, 1.54) is 5.56 Å². The molecule has 17 heavy (non-hydrogen) atoms. The number of nitrogens with two attached hydrogens (primary N) is 1. The third kappa shape index (κ3) is 4.68. The molecule has 0 amide bonds. The highest BCUT2D eigenvalue weighted by molar-refractivity contribution is 9.10. The van der Waals surface area contributed by atoms with Crippen molar-refractivity contribution in [3.05, 3.63) is 28.2 Å². The molecule has 2 nitrogen and oxygen atoms in total. The minimum absolute atomic E-state index is 0.197. The first kappa shape index (κ1) is 14.5. The molecule has 2 N–H and O–H groups in total. The van der Waals surface area contributed by atoms with Crippen LogP contribution in [0.25, 0.3) is 0 Å². The van der Waals surface area contributed by atoms with Crippen molar-refractivity contribution in [2.24, 2.45) is 11.1 Å². The fourth-order valence-corrected chi connectivity index (χ4v) is 2.66. The van der Waals surface area contributed by atoms with Gasteiger partial charge in [0.15, 0.2) is 0 Å². The van der Waals surface area contributed by atoms with Crippen LogP contribution in [-0.4, -0.2) is 13.2 Å². The van der Waals surface area contributed by atoms with Gasteiger partial charge in [-0.2, -0.15) is 0 Å². The number of hydrogen-bond donors (Lipinski definition) is 1. The first-order chi connectivity index (χ1) is 7.84. The van der Waals surface area contributed by atoms with Crippen LogP contribution < -0.4 is 10.5 Å². The smallest absolute Gasteiger partial charge is 0.119 e. The summed E-state index contributed by atoms with van der Waals surface area (Å²) < 4.78 is 6.40. The van der Waals surface area contributed by atoms with Crippen molar-refractivity contribution in [3.8, 4) is 5.75 Å². The predicted molar refractivity (Wildman–Crippen MR) is 76.4 cm³/mol. The third-order valence-electron chi connectivity index (χ3n) is 2.80. The number of ether oxygens (including phenoxy) is 1. The van der Waals surface area contributed by atoms with Gasteiger partial charge in [0, 0.05) is 10.5 Å². The zero-order chi connectivity index (χ0) is 13.1. The van der Waals surface area contributed by atoms with Gasteiger partial charge in [0.25, 0.3) is 0 Å². The molecule has 0 radical (unpaired) electrons. The van der Waals surface area contributed by atoms with Crippen LogP contribution >= 0.6 is 15.9 Å². The Balaban J connectivity index is 2.86. The molecule has 0 spiro atoms. The lowest BCUT2D eigenvalue weighted by atomic mass is 9.80. The van der Waals surface area contributed by atoms with Crippen LogP contribution in [0.5, 0.6) is 5.75 Å². The summed E-state index contributed by atoms with van der Waals surface area (Å²) in [6.45, 7) is 6.56. The molecule has 1 aromatic carbocycles. The molecule has 0 fully saturated rings. The molecule has 0 bridgehead atoms. The van der Waals surface area contributed by atoms with E-state index in [0.29, 0.717) is 0 Å². The number of hydrogen-bond acceptors (Lipinski definition) is 2. The fraction of sp³-hybridized carbons (Fsp3) is 0.571. The molecule has 1 atom stereocenters. The van der Waals surface area contributed by atoms with Crippen LogP contribution in [0, 0.1) is 5.41 Å². The summed E-state index contributed by atoms with van der Waals surface area (Å²) in [6.07, 6.45) is 2.00. The SMILES string of the molecule is COc1ccc(Br)c(CC(C)(C)CC(C)N)c1. The third-order valence-corrected chi connectivity index (χ3v) is 3.57. The van der Waals surface area contributed by atoms with E-state index in [-0.39, 0.29) is 11.5 Å². The van der Waals surface area contributed by atoms with Crippen LogP contribution in [0.15, 0.2) is 22.7 Å². The molecule has 0 saturated heterocycles. The van der Waals surface area contributed by atoms with Gasteiger partial charge in [-0.25, -0.2) is 0 Å². The van der Waals surface area contributed by atoms with Crippen LogP contribution in [0.3, 0.4) is 0 Å². The standard InChI is InChI=1S/C14H22BrNO/c1-10(16)8-14(2,3)9-11-7-12(17-4)5-6-13(11)15/h5-7,10H,8-9,16H2,1-4H3. The van der Waals surface area contributed by atoms with E-state index < -0.39 is 0 Å². The Hall–Kier alpha value is -0.540. The lowest BCUT2D eigenvalue weighted by Crippen LogP contribution is -2.26. The summed E-state index contributed by atoms with van der Waals surface area (Å²) in [6, 6.07) is 6.32. The van der Waals surface area contributed by atoms with Gasteiger partial charge in [-0.05, 0) is 48.9 Å². The van der Waals surface area contributed by atoms with E-state index in [9.17, 15) is 0 Å². The van der Waals surface area contributed by atoms with Crippen molar-refractivity contribution in [3.63, 3.8) is 0 Å². The zero-order valence-electron chi connectivity index (χ0n) is 11.1. The molecule has 1 rings (SSSR count). The first-order valence-corrected chi connectivity index (χ1v) is 6.71. The second kappa shape index (κ2) is 5.87. The van der Waals surface area contributed by atoms with Crippen molar-refractivity contribution >= 4 is 15.9 Å². The molecule has 0 aromatic heterocycles. The lowest BCUT2D eigenvalue weighted by Gasteiger charge is -2.27. The Bertz CT molecular complexity index is 374. The number of halogens is 1. The van der Waals surface area contributed by atoms with E-state index in [1.54, 1.807) is 7.11 Å². The summed E-state index contributed by atoms with van der Waals surface area (Å²) in [7, 11) is 1.69. The highest BCUT2D eigenvalue weighted by Crippen LogP contribution is 2.32. The predicted octanol–water partition coefficient (Wildman–Crippen LogP) is 3.76. The van der Waals surface area contributed by atoms with E-state index in [4.69, 9.17) is 10.5 Å². The Morgan fingerprint density at radius 2 is 2.06 bits per heavy atom. The van der Waals surface area contributed by atoms with Gasteiger partial charge in [-0.1, -0.05) is 29.8 Å². The number of rotatable bonds is 5. The van der Waals surface area contributed by atoms with Crippen LogP contribution in [0.1, 0.15) is 32.8 Å². The molecule has 0 heterocycles. The van der Waals surface area contributed by atoms with Crippen molar-refractivity contribution in [1.82, 2.24) is 0 Å². The highest BCUT2D eigenvalue weighted by atomic mass is 79.9. The van der Waals surface area contributed by atoms with Crippen molar-refractivity contribution in [2.75, 3.05) is 7.11 Å². The maximum absolute atomic E-state index is 5.89. The van der Waals surface area contributed by atoms with Gasteiger partial charge in [0.1, 0.15) is 5.75 Å². The summed E-state index contributed by atoms with van der Waals surface area (Å²) in [4.78, 5) is 0. The Morgan fingerprint density at radius 1 is 1.41 bits per heavy atom. The molecular formula is C14H22BrNO. The van der Waals surface area contributed by atoms with Crippen LogP contribution in [0.4, 0.5) is 0 Å². The molecule has 1 unspecified atom stereocenters. The van der Waals surface area contributed by atoms with Crippen molar-refractivity contribution in [1.29, 1.82) is 0 Å². The normalized spacial score (nSPS) is 13.5. The minimum Gasteiger partial charge on any atom is -0.497 e. The molecule has 0 aliphatic carbocycles. The van der Waals surface area contributed by atoms with E-state index in [1.807, 2.05) is 12.1 Å². The Morgan fingerprint density at radius 3 is 2.59 bits per heavy atom. The molecule has 3 heteroatoms. The molecule has 0 aliphatic rings.